The first kappa shape index (κ1) is 14.5. The summed E-state index contributed by atoms with van der Waals surface area (Å²) < 4.78 is 28.5. The normalized spacial score (nSPS) is 11.9. The van der Waals surface area contributed by atoms with Gasteiger partial charge in [0.05, 0.1) is 11.5 Å². The number of fused-ring (bicyclic) bond motifs is 1. The summed E-state index contributed by atoms with van der Waals surface area (Å²) in [6.45, 7) is 1.54. The summed E-state index contributed by atoms with van der Waals surface area (Å²) in [6, 6.07) is 7.20. The topological polar surface area (TPSA) is 79.3 Å². The molecule has 0 unspecified atom stereocenters. The van der Waals surface area contributed by atoms with Crippen molar-refractivity contribution in [1.29, 1.82) is 0 Å². The van der Waals surface area contributed by atoms with Crippen LogP contribution in [0.25, 0.3) is 10.1 Å². The van der Waals surface area contributed by atoms with Crippen LogP contribution in [0.2, 0.25) is 0 Å². The molecule has 21 heavy (non-hydrogen) atoms. The van der Waals surface area contributed by atoms with E-state index >= 15 is 0 Å². The molecule has 0 spiro atoms. The summed E-state index contributed by atoms with van der Waals surface area (Å²) in [6.07, 6.45) is 1.61. The average Bonchev–Trinajstić information content (AvgIpc) is 3.01. The Morgan fingerprint density at radius 1 is 1.29 bits per heavy atom. The number of sulfonamides is 1. The van der Waals surface area contributed by atoms with Crippen molar-refractivity contribution >= 4 is 47.9 Å². The molecule has 0 saturated carbocycles. The number of thiazole rings is 1. The van der Waals surface area contributed by atoms with E-state index in [1.165, 1.54) is 22.7 Å². The van der Waals surface area contributed by atoms with Gasteiger partial charge < -0.3 is 5.11 Å². The van der Waals surface area contributed by atoms with E-state index in [0.29, 0.717) is 15.4 Å². The number of nitrogens with zero attached hydrogens (tertiary/aromatic N) is 1. The molecule has 1 aromatic carbocycles. The third-order valence-electron chi connectivity index (χ3n) is 2.87. The fourth-order valence-corrected chi connectivity index (χ4v) is 5.75. The lowest BCUT2D eigenvalue weighted by molar-refractivity contribution is 0.283. The van der Waals surface area contributed by atoms with Gasteiger partial charge in [-0.25, -0.2) is 13.4 Å². The quantitative estimate of drug-likeness (QED) is 0.765. The van der Waals surface area contributed by atoms with E-state index in [1.54, 1.807) is 18.3 Å². The number of aryl methyl sites for hydroxylation is 1. The molecule has 8 heteroatoms. The summed E-state index contributed by atoms with van der Waals surface area (Å²) in [7, 11) is -3.78. The zero-order chi connectivity index (χ0) is 15.0. The fraction of sp³-hybridized carbons (Fsp3) is 0.154. The summed E-state index contributed by atoms with van der Waals surface area (Å²) >= 11 is 2.55. The van der Waals surface area contributed by atoms with Crippen LogP contribution < -0.4 is 4.72 Å². The van der Waals surface area contributed by atoms with Crippen molar-refractivity contribution in [1.82, 2.24) is 4.98 Å². The Morgan fingerprint density at radius 3 is 2.71 bits per heavy atom. The van der Waals surface area contributed by atoms with E-state index in [-0.39, 0.29) is 11.5 Å². The largest absolute Gasteiger partial charge is 0.391 e. The number of aliphatic hydroxyl groups is 1. The second-order valence-electron chi connectivity index (χ2n) is 4.39. The van der Waals surface area contributed by atoms with Gasteiger partial charge in [0.15, 0.2) is 5.13 Å². The number of rotatable bonds is 4. The Kier molecular flexibility index (Phi) is 3.70. The van der Waals surface area contributed by atoms with E-state index < -0.39 is 10.0 Å². The first-order valence-corrected chi connectivity index (χ1v) is 9.19. The molecule has 2 N–H and O–H groups in total. The van der Waals surface area contributed by atoms with Crippen LogP contribution in [0.15, 0.2) is 35.4 Å². The minimum absolute atomic E-state index is 0.137. The molecule has 110 valence electrons. The smallest absolute Gasteiger partial charge is 0.265 e. The highest BCUT2D eigenvalue weighted by Gasteiger charge is 2.25. The van der Waals surface area contributed by atoms with Gasteiger partial charge in [-0.15, -0.1) is 22.7 Å². The third-order valence-corrected chi connectivity index (χ3v) is 6.58. The van der Waals surface area contributed by atoms with E-state index in [4.69, 9.17) is 0 Å². The molecular formula is C13H12N2O3S3. The molecule has 0 fully saturated rings. The van der Waals surface area contributed by atoms with Gasteiger partial charge in [-0.3, -0.25) is 4.72 Å². The van der Waals surface area contributed by atoms with Gasteiger partial charge in [0.2, 0.25) is 0 Å². The molecule has 0 aliphatic heterocycles. The van der Waals surface area contributed by atoms with Gasteiger partial charge >= 0.3 is 0 Å². The Hall–Kier alpha value is -1.48. The maximum Gasteiger partial charge on any atom is 0.265 e. The van der Waals surface area contributed by atoms with Gasteiger partial charge in [-0.05, 0) is 13.0 Å². The molecule has 2 heterocycles. The molecule has 0 saturated heterocycles. The standard InChI is InChI=1S/C13H12N2O3S3/c1-8-6-14-13(19-8)15-21(17,18)12-9-4-2-3-5-10(9)20-11(12)7-16/h2-6,16H,7H2,1H3,(H,14,15). The molecule has 0 bridgehead atoms. The zero-order valence-corrected chi connectivity index (χ0v) is 13.5. The van der Waals surface area contributed by atoms with Crippen LogP contribution in [-0.4, -0.2) is 18.5 Å². The number of aliphatic hydroxyl groups excluding tert-OH is 1. The fourth-order valence-electron chi connectivity index (χ4n) is 2.04. The van der Waals surface area contributed by atoms with Crippen molar-refractivity contribution in [2.45, 2.75) is 18.4 Å². The van der Waals surface area contributed by atoms with Gasteiger partial charge in [-0.1, -0.05) is 18.2 Å². The molecular weight excluding hydrogens is 328 g/mol. The van der Waals surface area contributed by atoms with Crippen molar-refractivity contribution in [2.24, 2.45) is 0 Å². The SMILES string of the molecule is Cc1cnc(NS(=O)(=O)c2c(CO)sc3ccccc23)s1. The van der Waals surface area contributed by atoms with Crippen LogP contribution >= 0.6 is 22.7 Å². The number of hydrogen-bond donors (Lipinski definition) is 2. The van der Waals surface area contributed by atoms with Gasteiger partial charge in [0.25, 0.3) is 10.0 Å². The van der Waals surface area contributed by atoms with E-state index in [9.17, 15) is 13.5 Å². The number of aromatic nitrogens is 1. The highest BCUT2D eigenvalue weighted by Crippen LogP contribution is 2.35. The van der Waals surface area contributed by atoms with Crippen LogP contribution in [-0.2, 0) is 16.6 Å². The average molecular weight is 340 g/mol. The lowest BCUT2D eigenvalue weighted by Gasteiger charge is -2.06. The summed E-state index contributed by atoms with van der Waals surface area (Å²) in [5.74, 6) is 0. The third kappa shape index (κ3) is 2.67. The highest BCUT2D eigenvalue weighted by atomic mass is 32.2. The van der Waals surface area contributed by atoms with Crippen molar-refractivity contribution in [3.63, 3.8) is 0 Å². The summed E-state index contributed by atoms with van der Waals surface area (Å²) in [5, 5.41) is 10.4. The summed E-state index contributed by atoms with van der Waals surface area (Å²) in [5.41, 5.74) is 0. The van der Waals surface area contributed by atoms with Crippen molar-refractivity contribution in [3.8, 4) is 0 Å². The predicted molar refractivity (Wildman–Crippen MR) is 85.4 cm³/mol. The van der Waals surface area contributed by atoms with Crippen molar-refractivity contribution in [2.75, 3.05) is 4.72 Å². The van der Waals surface area contributed by atoms with Crippen LogP contribution in [0.3, 0.4) is 0 Å². The second kappa shape index (κ2) is 5.38. The highest BCUT2D eigenvalue weighted by molar-refractivity contribution is 7.93. The Morgan fingerprint density at radius 2 is 2.05 bits per heavy atom. The van der Waals surface area contributed by atoms with E-state index in [1.807, 2.05) is 19.1 Å². The van der Waals surface area contributed by atoms with E-state index in [2.05, 4.69) is 9.71 Å². The van der Waals surface area contributed by atoms with Crippen LogP contribution in [0.4, 0.5) is 5.13 Å². The Bertz CT molecular complexity index is 896. The lowest BCUT2D eigenvalue weighted by atomic mass is 10.2. The van der Waals surface area contributed by atoms with Crippen molar-refractivity contribution < 1.29 is 13.5 Å². The molecule has 3 aromatic rings. The maximum absolute atomic E-state index is 12.6. The van der Waals surface area contributed by atoms with Crippen LogP contribution in [0, 0.1) is 6.92 Å². The van der Waals surface area contributed by atoms with Gasteiger partial charge in [-0.2, -0.15) is 0 Å². The molecule has 0 aliphatic carbocycles. The number of thiophene rings is 1. The minimum Gasteiger partial charge on any atom is -0.391 e. The molecule has 0 atom stereocenters. The van der Waals surface area contributed by atoms with E-state index in [0.717, 1.165) is 9.58 Å². The predicted octanol–water partition coefficient (Wildman–Crippen LogP) is 2.96. The number of benzene rings is 1. The Balaban J connectivity index is 2.13. The molecule has 0 radical (unpaired) electrons. The Labute approximate surface area is 130 Å². The molecule has 3 rings (SSSR count). The molecule has 0 aliphatic rings. The second-order valence-corrected chi connectivity index (χ2v) is 8.38. The first-order chi connectivity index (χ1) is 10.0. The van der Waals surface area contributed by atoms with Crippen molar-refractivity contribution in [3.05, 3.63) is 40.2 Å². The van der Waals surface area contributed by atoms with Gasteiger partial charge in [0.1, 0.15) is 4.90 Å². The maximum atomic E-state index is 12.6. The monoisotopic (exact) mass is 340 g/mol. The number of hydrogen-bond acceptors (Lipinski definition) is 6. The summed E-state index contributed by atoms with van der Waals surface area (Å²) in [4.78, 5) is 5.50. The van der Waals surface area contributed by atoms with Crippen LogP contribution in [0.5, 0.6) is 0 Å². The number of anilines is 1. The molecule has 2 aromatic heterocycles. The minimum atomic E-state index is -3.78. The first-order valence-electron chi connectivity index (χ1n) is 6.08. The molecule has 0 amide bonds. The molecule has 5 nitrogen and oxygen atoms in total. The lowest BCUT2D eigenvalue weighted by Crippen LogP contribution is -2.13. The van der Waals surface area contributed by atoms with Gasteiger partial charge in [0, 0.05) is 21.2 Å². The number of nitrogens with one attached hydrogen (secondary N) is 1. The zero-order valence-electron chi connectivity index (χ0n) is 11.0. The van der Waals surface area contributed by atoms with Crippen LogP contribution in [0.1, 0.15) is 9.75 Å².